The molecule has 6 heteroatoms. The Morgan fingerprint density at radius 3 is 2.73 bits per heavy atom. The summed E-state index contributed by atoms with van der Waals surface area (Å²) in [6.45, 7) is 3.87. The molecule has 78 valence electrons. The Balaban J connectivity index is 1.96. The Morgan fingerprint density at radius 1 is 1.27 bits per heavy atom. The van der Waals surface area contributed by atoms with E-state index in [1.807, 2.05) is 6.92 Å². The minimum Gasteiger partial charge on any atom is -0.442 e. The van der Waals surface area contributed by atoms with Crippen LogP contribution in [0.15, 0.2) is 16.9 Å². The van der Waals surface area contributed by atoms with Crippen molar-refractivity contribution in [1.29, 1.82) is 0 Å². The lowest BCUT2D eigenvalue weighted by molar-refractivity contribution is 0.192. The third-order valence-electron chi connectivity index (χ3n) is 1.69. The van der Waals surface area contributed by atoms with Crippen LogP contribution in [0.3, 0.4) is 0 Å². The van der Waals surface area contributed by atoms with Crippen LogP contribution in [-0.4, -0.2) is 20.1 Å². The van der Waals surface area contributed by atoms with Crippen molar-refractivity contribution < 1.29 is 9.26 Å². The molecular formula is C9H10N4O2. The fourth-order valence-corrected chi connectivity index (χ4v) is 0.966. The molecule has 0 saturated carbocycles. The molecule has 0 aliphatic rings. The molecule has 2 heterocycles. The van der Waals surface area contributed by atoms with E-state index in [0.717, 1.165) is 11.4 Å². The van der Waals surface area contributed by atoms with Crippen molar-refractivity contribution in [2.75, 3.05) is 0 Å². The van der Waals surface area contributed by atoms with E-state index in [0.29, 0.717) is 5.82 Å². The smallest absolute Gasteiger partial charge is 0.417 e. The molecule has 2 aromatic rings. The van der Waals surface area contributed by atoms with Crippen molar-refractivity contribution in [3.8, 4) is 6.08 Å². The summed E-state index contributed by atoms with van der Waals surface area (Å²) in [5.41, 5.74) is 1.59. The molecule has 0 aliphatic carbocycles. The van der Waals surface area contributed by atoms with E-state index in [1.54, 1.807) is 19.3 Å². The summed E-state index contributed by atoms with van der Waals surface area (Å²) < 4.78 is 9.99. The maximum Gasteiger partial charge on any atom is 0.417 e. The SMILES string of the molecule is Cc1cnc(COc2nc(C)no2)cn1. The maximum absolute atomic E-state index is 5.21. The second-order valence-corrected chi connectivity index (χ2v) is 3.05. The number of hydrogen-bond acceptors (Lipinski definition) is 6. The summed E-state index contributed by atoms with van der Waals surface area (Å²) in [6, 6.07) is 0. The summed E-state index contributed by atoms with van der Waals surface area (Å²) in [4.78, 5) is 12.1. The summed E-state index contributed by atoms with van der Waals surface area (Å²) in [5.74, 6) is 0.542. The van der Waals surface area contributed by atoms with Gasteiger partial charge in [0, 0.05) is 6.20 Å². The average molecular weight is 206 g/mol. The largest absolute Gasteiger partial charge is 0.442 e. The molecule has 0 radical (unpaired) electrons. The van der Waals surface area contributed by atoms with Gasteiger partial charge in [-0.3, -0.25) is 14.5 Å². The average Bonchev–Trinajstić information content (AvgIpc) is 2.64. The third kappa shape index (κ3) is 2.49. The van der Waals surface area contributed by atoms with E-state index < -0.39 is 0 Å². The van der Waals surface area contributed by atoms with Gasteiger partial charge in [0.2, 0.25) is 0 Å². The predicted octanol–water partition coefficient (Wildman–Crippen LogP) is 1.06. The molecule has 0 spiro atoms. The summed E-state index contributed by atoms with van der Waals surface area (Å²) in [5, 5.41) is 3.60. The minimum absolute atomic E-state index is 0.148. The molecule has 0 bridgehead atoms. The number of aromatic nitrogens is 4. The molecule has 0 aromatic carbocycles. The molecule has 0 N–H and O–H groups in total. The van der Waals surface area contributed by atoms with Gasteiger partial charge in [-0.05, 0) is 13.8 Å². The first-order chi connectivity index (χ1) is 7.24. The first-order valence-electron chi connectivity index (χ1n) is 4.44. The molecule has 0 unspecified atom stereocenters. The van der Waals surface area contributed by atoms with Crippen LogP contribution >= 0.6 is 0 Å². The Hall–Kier alpha value is -1.98. The maximum atomic E-state index is 5.21. The van der Waals surface area contributed by atoms with E-state index >= 15 is 0 Å². The highest BCUT2D eigenvalue weighted by molar-refractivity contribution is 5.00. The van der Waals surface area contributed by atoms with E-state index in [9.17, 15) is 0 Å². The van der Waals surface area contributed by atoms with E-state index in [1.165, 1.54) is 0 Å². The quantitative estimate of drug-likeness (QED) is 0.747. The topological polar surface area (TPSA) is 73.9 Å². The molecular weight excluding hydrogens is 196 g/mol. The lowest BCUT2D eigenvalue weighted by Gasteiger charge is -1.99. The second kappa shape index (κ2) is 4.04. The Kier molecular flexibility index (Phi) is 2.57. The highest BCUT2D eigenvalue weighted by Gasteiger charge is 2.04. The van der Waals surface area contributed by atoms with Crippen molar-refractivity contribution in [3.63, 3.8) is 0 Å². The summed E-state index contributed by atoms with van der Waals surface area (Å²) >= 11 is 0. The monoisotopic (exact) mass is 206 g/mol. The van der Waals surface area contributed by atoms with E-state index in [2.05, 4.69) is 20.1 Å². The zero-order valence-corrected chi connectivity index (χ0v) is 8.47. The zero-order chi connectivity index (χ0) is 10.7. The van der Waals surface area contributed by atoms with Gasteiger partial charge in [-0.1, -0.05) is 5.16 Å². The first-order valence-corrected chi connectivity index (χ1v) is 4.44. The zero-order valence-electron chi connectivity index (χ0n) is 8.47. The standard InChI is InChI=1S/C9H10N4O2/c1-6-3-11-8(4-10-6)5-14-9-12-7(2)13-15-9/h3-4H,5H2,1-2H3. The van der Waals surface area contributed by atoms with Gasteiger partial charge in [-0.25, -0.2) is 0 Å². The van der Waals surface area contributed by atoms with Gasteiger partial charge in [-0.15, -0.1) is 0 Å². The van der Waals surface area contributed by atoms with Gasteiger partial charge < -0.3 is 4.74 Å². The fourth-order valence-electron chi connectivity index (χ4n) is 0.966. The number of rotatable bonds is 3. The van der Waals surface area contributed by atoms with Gasteiger partial charge >= 0.3 is 6.08 Å². The summed E-state index contributed by atoms with van der Waals surface area (Å²) in [7, 11) is 0. The lowest BCUT2D eigenvalue weighted by Crippen LogP contribution is -1.99. The number of nitrogens with zero attached hydrogens (tertiary/aromatic N) is 4. The number of aryl methyl sites for hydroxylation is 2. The normalized spacial score (nSPS) is 10.3. The van der Waals surface area contributed by atoms with Crippen LogP contribution in [0.5, 0.6) is 6.08 Å². The molecule has 2 rings (SSSR count). The van der Waals surface area contributed by atoms with Crippen molar-refractivity contribution in [1.82, 2.24) is 20.1 Å². The van der Waals surface area contributed by atoms with Gasteiger partial charge in [0.1, 0.15) is 6.61 Å². The molecule has 6 nitrogen and oxygen atoms in total. The van der Waals surface area contributed by atoms with Crippen LogP contribution < -0.4 is 4.74 Å². The summed E-state index contributed by atoms with van der Waals surface area (Å²) in [6.07, 6.45) is 3.48. The molecule has 0 aliphatic heterocycles. The highest BCUT2D eigenvalue weighted by Crippen LogP contribution is 2.07. The van der Waals surface area contributed by atoms with Gasteiger partial charge in [-0.2, -0.15) is 4.98 Å². The molecule has 0 atom stereocenters. The minimum atomic E-state index is 0.148. The van der Waals surface area contributed by atoms with Crippen LogP contribution in [0, 0.1) is 13.8 Å². The van der Waals surface area contributed by atoms with Crippen LogP contribution in [0.25, 0.3) is 0 Å². The molecule has 0 saturated heterocycles. The van der Waals surface area contributed by atoms with Gasteiger partial charge in [0.25, 0.3) is 0 Å². The number of ether oxygens (including phenoxy) is 1. The van der Waals surface area contributed by atoms with Crippen LogP contribution in [0.1, 0.15) is 17.2 Å². The highest BCUT2D eigenvalue weighted by atomic mass is 16.6. The van der Waals surface area contributed by atoms with Crippen LogP contribution in [-0.2, 0) is 6.61 Å². The molecule has 2 aromatic heterocycles. The first kappa shape index (κ1) is 9.57. The van der Waals surface area contributed by atoms with Crippen LogP contribution in [0.2, 0.25) is 0 Å². The van der Waals surface area contributed by atoms with Gasteiger partial charge in [0.15, 0.2) is 5.82 Å². The molecule has 15 heavy (non-hydrogen) atoms. The molecule has 0 fully saturated rings. The van der Waals surface area contributed by atoms with E-state index in [-0.39, 0.29) is 12.7 Å². The number of hydrogen-bond donors (Lipinski definition) is 0. The fraction of sp³-hybridized carbons (Fsp3) is 0.333. The Morgan fingerprint density at radius 2 is 2.13 bits per heavy atom. The second-order valence-electron chi connectivity index (χ2n) is 3.05. The third-order valence-corrected chi connectivity index (χ3v) is 1.69. The van der Waals surface area contributed by atoms with Crippen molar-refractivity contribution in [2.45, 2.75) is 20.5 Å². The Bertz CT molecular complexity index is 438. The van der Waals surface area contributed by atoms with Crippen LogP contribution in [0.4, 0.5) is 0 Å². The Labute approximate surface area is 86.3 Å². The van der Waals surface area contributed by atoms with E-state index in [4.69, 9.17) is 9.26 Å². The van der Waals surface area contributed by atoms with Crippen molar-refractivity contribution >= 4 is 0 Å². The van der Waals surface area contributed by atoms with Crippen molar-refractivity contribution in [2.24, 2.45) is 0 Å². The van der Waals surface area contributed by atoms with Gasteiger partial charge in [0.05, 0.1) is 17.6 Å². The molecule has 0 amide bonds. The predicted molar refractivity (Wildman–Crippen MR) is 50.1 cm³/mol. The van der Waals surface area contributed by atoms with Crippen molar-refractivity contribution in [3.05, 3.63) is 29.6 Å². The lowest BCUT2D eigenvalue weighted by atomic mass is 10.4.